The van der Waals surface area contributed by atoms with E-state index in [0.29, 0.717) is 5.69 Å². The van der Waals surface area contributed by atoms with Crippen LogP contribution in [0.4, 0.5) is 4.39 Å². The number of hydrogen-bond donors (Lipinski definition) is 1. The van der Waals surface area contributed by atoms with Crippen molar-refractivity contribution in [2.75, 3.05) is 0 Å². The quantitative estimate of drug-likeness (QED) is 0.802. The van der Waals surface area contributed by atoms with Crippen LogP contribution in [0.3, 0.4) is 0 Å². The zero-order valence-electron chi connectivity index (χ0n) is 9.22. The topological polar surface area (TPSA) is 59.8 Å². The van der Waals surface area contributed by atoms with Crippen LogP contribution < -0.4 is 5.32 Å². The van der Waals surface area contributed by atoms with Gasteiger partial charge in [0.1, 0.15) is 0 Å². The van der Waals surface area contributed by atoms with E-state index >= 15 is 0 Å². The summed E-state index contributed by atoms with van der Waals surface area (Å²) in [5.41, 5.74) is 0.647. The summed E-state index contributed by atoms with van der Waals surface area (Å²) >= 11 is 0. The minimum Gasteiger partial charge on any atom is -0.346 e. The molecular weight excluding hydrogens is 223 g/mol. The number of amides is 1. The fraction of sp³-hybridized carbons (Fsp3) is 0.182. The zero-order chi connectivity index (χ0) is 12.3. The normalized spacial score (nSPS) is 10.2. The first kappa shape index (κ1) is 11.3. The van der Waals surface area contributed by atoms with Gasteiger partial charge >= 0.3 is 0 Å². The standard InChI is InChI=1S/C11H11FN4O/c1-16-6-4-8(15-16)7-14-11(17)9-3-2-5-13-10(9)12/h2-6H,7H2,1H3,(H,14,17). The monoisotopic (exact) mass is 234 g/mol. The van der Waals surface area contributed by atoms with Gasteiger partial charge in [0, 0.05) is 19.4 Å². The molecule has 0 saturated heterocycles. The summed E-state index contributed by atoms with van der Waals surface area (Å²) in [4.78, 5) is 15.0. The van der Waals surface area contributed by atoms with Gasteiger partial charge < -0.3 is 5.32 Å². The van der Waals surface area contributed by atoms with E-state index in [4.69, 9.17) is 0 Å². The van der Waals surface area contributed by atoms with E-state index in [1.807, 2.05) is 0 Å². The molecule has 1 N–H and O–H groups in total. The van der Waals surface area contributed by atoms with Gasteiger partial charge in [0.25, 0.3) is 5.91 Å². The Hall–Kier alpha value is -2.24. The molecule has 0 fully saturated rings. The van der Waals surface area contributed by atoms with Gasteiger partial charge in [-0.05, 0) is 18.2 Å². The molecule has 0 aliphatic heterocycles. The molecular formula is C11H11FN4O. The highest BCUT2D eigenvalue weighted by atomic mass is 19.1. The van der Waals surface area contributed by atoms with Gasteiger partial charge in [-0.25, -0.2) is 4.98 Å². The number of carbonyl (C=O) groups excluding carboxylic acids is 1. The number of rotatable bonds is 3. The van der Waals surface area contributed by atoms with Crippen molar-refractivity contribution in [3.63, 3.8) is 0 Å². The number of nitrogens with zero attached hydrogens (tertiary/aromatic N) is 3. The average Bonchev–Trinajstić information content (AvgIpc) is 2.73. The minimum absolute atomic E-state index is 0.0663. The molecule has 2 aromatic rings. The van der Waals surface area contributed by atoms with Crippen LogP contribution in [0.15, 0.2) is 30.6 Å². The first-order chi connectivity index (χ1) is 8.16. The number of aromatic nitrogens is 3. The van der Waals surface area contributed by atoms with E-state index in [1.165, 1.54) is 18.3 Å². The van der Waals surface area contributed by atoms with Crippen LogP contribution in [0.5, 0.6) is 0 Å². The van der Waals surface area contributed by atoms with Crippen molar-refractivity contribution in [2.45, 2.75) is 6.54 Å². The van der Waals surface area contributed by atoms with Crippen LogP contribution in [-0.2, 0) is 13.6 Å². The second kappa shape index (κ2) is 4.73. The highest BCUT2D eigenvalue weighted by Crippen LogP contribution is 2.03. The van der Waals surface area contributed by atoms with Crippen molar-refractivity contribution in [3.05, 3.63) is 47.8 Å². The predicted molar refractivity (Wildman–Crippen MR) is 58.6 cm³/mol. The Morgan fingerprint density at radius 3 is 3.00 bits per heavy atom. The van der Waals surface area contributed by atoms with E-state index in [1.54, 1.807) is 24.0 Å². The Bertz CT molecular complexity index is 538. The number of pyridine rings is 1. The molecule has 2 rings (SSSR count). The molecule has 0 aromatic carbocycles. The number of aryl methyl sites for hydroxylation is 1. The minimum atomic E-state index is -0.772. The Kier molecular flexibility index (Phi) is 3.13. The smallest absolute Gasteiger partial charge is 0.256 e. The maximum Gasteiger partial charge on any atom is 0.256 e. The van der Waals surface area contributed by atoms with Crippen molar-refractivity contribution >= 4 is 5.91 Å². The lowest BCUT2D eigenvalue weighted by Crippen LogP contribution is -2.24. The van der Waals surface area contributed by atoms with Crippen molar-refractivity contribution in [2.24, 2.45) is 7.05 Å². The number of nitrogens with one attached hydrogen (secondary N) is 1. The molecule has 0 aliphatic rings. The average molecular weight is 234 g/mol. The van der Waals surface area contributed by atoms with Gasteiger partial charge in [-0.15, -0.1) is 0 Å². The number of hydrogen-bond acceptors (Lipinski definition) is 3. The van der Waals surface area contributed by atoms with Crippen LogP contribution in [0, 0.1) is 5.95 Å². The summed E-state index contributed by atoms with van der Waals surface area (Å²) in [6.07, 6.45) is 3.07. The summed E-state index contributed by atoms with van der Waals surface area (Å²) in [6.45, 7) is 0.258. The molecule has 0 aliphatic carbocycles. The second-order valence-corrected chi connectivity index (χ2v) is 3.51. The Labute approximate surface area is 97.3 Å². The van der Waals surface area contributed by atoms with Gasteiger partial charge in [-0.3, -0.25) is 9.48 Å². The maximum absolute atomic E-state index is 13.2. The van der Waals surface area contributed by atoms with Gasteiger partial charge in [-0.2, -0.15) is 9.49 Å². The molecule has 17 heavy (non-hydrogen) atoms. The van der Waals surface area contributed by atoms with Crippen LogP contribution >= 0.6 is 0 Å². The predicted octanol–water partition coefficient (Wildman–Crippen LogP) is 0.884. The Morgan fingerprint density at radius 2 is 2.35 bits per heavy atom. The molecule has 6 heteroatoms. The third kappa shape index (κ3) is 2.66. The van der Waals surface area contributed by atoms with E-state index in [0.717, 1.165) is 0 Å². The van der Waals surface area contributed by atoms with Crippen molar-refractivity contribution in [1.82, 2.24) is 20.1 Å². The highest BCUT2D eigenvalue weighted by Gasteiger charge is 2.11. The van der Waals surface area contributed by atoms with E-state index in [2.05, 4.69) is 15.4 Å². The summed E-state index contributed by atoms with van der Waals surface area (Å²) in [7, 11) is 1.78. The Balaban J connectivity index is 2.01. The zero-order valence-corrected chi connectivity index (χ0v) is 9.22. The molecule has 0 bridgehead atoms. The van der Waals surface area contributed by atoms with E-state index < -0.39 is 11.9 Å². The molecule has 88 valence electrons. The van der Waals surface area contributed by atoms with Crippen LogP contribution in [0.25, 0.3) is 0 Å². The van der Waals surface area contributed by atoms with Crippen molar-refractivity contribution in [1.29, 1.82) is 0 Å². The molecule has 2 heterocycles. The number of halogens is 1. The fourth-order valence-corrected chi connectivity index (χ4v) is 1.38. The number of carbonyl (C=O) groups is 1. The van der Waals surface area contributed by atoms with Gasteiger partial charge in [0.15, 0.2) is 0 Å². The largest absolute Gasteiger partial charge is 0.346 e. The molecule has 5 nitrogen and oxygen atoms in total. The van der Waals surface area contributed by atoms with Crippen LogP contribution in [0.2, 0.25) is 0 Å². The highest BCUT2D eigenvalue weighted by molar-refractivity contribution is 5.93. The lowest BCUT2D eigenvalue weighted by Gasteiger charge is -2.03. The molecule has 0 spiro atoms. The van der Waals surface area contributed by atoms with Crippen LogP contribution in [0.1, 0.15) is 16.1 Å². The third-order valence-electron chi connectivity index (χ3n) is 2.20. The summed E-state index contributed by atoms with van der Waals surface area (Å²) < 4.78 is 14.8. The third-order valence-corrected chi connectivity index (χ3v) is 2.20. The molecule has 0 radical (unpaired) electrons. The first-order valence-electron chi connectivity index (χ1n) is 5.04. The SMILES string of the molecule is Cn1ccc(CNC(=O)c2cccnc2F)n1. The molecule has 0 atom stereocenters. The first-order valence-corrected chi connectivity index (χ1v) is 5.04. The molecule has 0 saturated carbocycles. The maximum atomic E-state index is 13.2. The van der Waals surface area contributed by atoms with Crippen molar-refractivity contribution in [3.8, 4) is 0 Å². The Morgan fingerprint density at radius 1 is 1.53 bits per heavy atom. The van der Waals surface area contributed by atoms with Gasteiger partial charge in [-0.1, -0.05) is 0 Å². The van der Waals surface area contributed by atoms with Gasteiger partial charge in [0.2, 0.25) is 5.95 Å². The molecule has 2 aromatic heterocycles. The van der Waals surface area contributed by atoms with Gasteiger partial charge in [0.05, 0.1) is 17.8 Å². The van der Waals surface area contributed by atoms with Crippen molar-refractivity contribution < 1.29 is 9.18 Å². The summed E-state index contributed by atoms with van der Waals surface area (Å²) in [5.74, 6) is -1.27. The fourth-order valence-electron chi connectivity index (χ4n) is 1.38. The summed E-state index contributed by atoms with van der Waals surface area (Å²) in [5, 5.41) is 6.67. The second-order valence-electron chi connectivity index (χ2n) is 3.51. The molecule has 0 unspecified atom stereocenters. The van der Waals surface area contributed by atoms with E-state index in [-0.39, 0.29) is 12.1 Å². The lowest BCUT2D eigenvalue weighted by molar-refractivity contribution is 0.0945. The van der Waals surface area contributed by atoms with E-state index in [9.17, 15) is 9.18 Å². The molecule has 1 amide bonds. The van der Waals surface area contributed by atoms with Crippen LogP contribution in [-0.4, -0.2) is 20.7 Å². The summed E-state index contributed by atoms with van der Waals surface area (Å²) in [6, 6.07) is 4.68. The lowest BCUT2D eigenvalue weighted by atomic mass is 10.2.